The number of carboxylic acid groups (broad SMARTS) is 1. The first kappa shape index (κ1) is 14.3. The van der Waals surface area contributed by atoms with E-state index < -0.39 is 17.6 Å². The molecule has 0 aliphatic carbocycles. The average Bonchev–Trinajstić information content (AvgIpc) is 2.72. The number of amides is 1. The van der Waals surface area contributed by atoms with Crippen LogP contribution in [0.15, 0.2) is 0 Å². The smallest absolute Gasteiger partial charge is 0.326 e. The summed E-state index contributed by atoms with van der Waals surface area (Å²) in [4.78, 5) is 23.0. The van der Waals surface area contributed by atoms with Gasteiger partial charge < -0.3 is 15.7 Å². The highest BCUT2D eigenvalue weighted by Crippen LogP contribution is 2.18. The van der Waals surface area contributed by atoms with Gasteiger partial charge in [0.25, 0.3) is 0 Å². The van der Waals surface area contributed by atoms with Crippen molar-refractivity contribution in [1.82, 2.24) is 10.6 Å². The summed E-state index contributed by atoms with van der Waals surface area (Å²) in [5.74, 6) is -0.445. The van der Waals surface area contributed by atoms with Crippen LogP contribution in [-0.2, 0) is 9.59 Å². The molecule has 1 saturated heterocycles. The Balaban J connectivity index is 2.54. The van der Waals surface area contributed by atoms with Crippen molar-refractivity contribution < 1.29 is 14.7 Å². The summed E-state index contributed by atoms with van der Waals surface area (Å²) >= 11 is 1.58. The zero-order valence-corrected chi connectivity index (χ0v) is 11.1. The van der Waals surface area contributed by atoms with Crippen LogP contribution in [0.2, 0.25) is 0 Å². The van der Waals surface area contributed by atoms with E-state index in [2.05, 4.69) is 10.6 Å². The lowest BCUT2D eigenvalue weighted by Gasteiger charge is -2.25. The minimum atomic E-state index is -0.964. The van der Waals surface area contributed by atoms with Crippen molar-refractivity contribution >= 4 is 23.6 Å². The van der Waals surface area contributed by atoms with Crippen molar-refractivity contribution in [2.24, 2.45) is 0 Å². The molecule has 1 fully saturated rings. The molecule has 5 nitrogen and oxygen atoms in total. The standard InChI is InChI=1S/C11H20N2O3S/c1-11(5-3-6-12-11)10(16)13-8(9(14)15)4-7-17-2/h8,12H,3-7H2,1-2H3,(H,13,16)(H,14,15). The summed E-state index contributed by atoms with van der Waals surface area (Å²) in [6.07, 6.45) is 4.08. The molecule has 0 radical (unpaired) electrons. The van der Waals surface area contributed by atoms with Gasteiger partial charge in [0.1, 0.15) is 6.04 Å². The van der Waals surface area contributed by atoms with Gasteiger partial charge in [0.2, 0.25) is 5.91 Å². The van der Waals surface area contributed by atoms with E-state index in [1.165, 1.54) is 0 Å². The topological polar surface area (TPSA) is 78.4 Å². The summed E-state index contributed by atoms with van der Waals surface area (Å²) < 4.78 is 0. The first-order valence-electron chi connectivity index (χ1n) is 5.77. The molecular weight excluding hydrogens is 240 g/mol. The van der Waals surface area contributed by atoms with Crippen molar-refractivity contribution in [2.45, 2.75) is 37.8 Å². The van der Waals surface area contributed by atoms with E-state index in [4.69, 9.17) is 5.11 Å². The molecule has 1 aliphatic heterocycles. The second-order valence-corrected chi connectivity index (χ2v) is 5.49. The van der Waals surface area contributed by atoms with Gasteiger partial charge in [0, 0.05) is 0 Å². The van der Waals surface area contributed by atoms with E-state index in [0.717, 1.165) is 25.1 Å². The van der Waals surface area contributed by atoms with Crippen LogP contribution in [0.1, 0.15) is 26.2 Å². The van der Waals surface area contributed by atoms with Gasteiger partial charge in [-0.3, -0.25) is 4.79 Å². The van der Waals surface area contributed by atoms with E-state index in [1.54, 1.807) is 11.8 Å². The molecule has 0 saturated carbocycles. The number of thioether (sulfide) groups is 1. The normalized spacial score (nSPS) is 25.5. The van der Waals surface area contributed by atoms with Gasteiger partial charge in [-0.05, 0) is 44.7 Å². The van der Waals surface area contributed by atoms with Crippen LogP contribution in [0.3, 0.4) is 0 Å². The Labute approximate surface area is 106 Å². The maximum atomic E-state index is 12.0. The van der Waals surface area contributed by atoms with Crippen LogP contribution in [0.4, 0.5) is 0 Å². The van der Waals surface area contributed by atoms with Gasteiger partial charge in [-0.2, -0.15) is 11.8 Å². The predicted octanol–water partition coefficient (Wildman–Crippen LogP) is 0.451. The van der Waals surface area contributed by atoms with E-state index in [0.29, 0.717) is 6.42 Å². The number of hydrogen-bond donors (Lipinski definition) is 3. The van der Waals surface area contributed by atoms with Gasteiger partial charge in [0.05, 0.1) is 5.54 Å². The molecule has 6 heteroatoms. The minimum Gasteiger partial charge on any atom is -0.480 e. The molecule has 1 heterocycles. The fourth-order valence-electron chi connectivity index (χ4n) is 1.90. The lowest BCUT2D eigenvalue weighted by atomic mass is 9.98. The molecule has 0 spiro atoms. The van der Waals surface area contributed by atoms with Gasteiger partial charge in [0.15, 0.2) is 0 Å². The van der Waals surface area contributed by atoms with Crippen molar-refractivity contribution in [3.63, 3.8) is 0 Å². The summed E-state index contributed by atoms with van der Waals surface area (Å²) in [5, 5.41) is 14.8. The molecule has 0 aromatic rings. The predicted molar refractivity (Wildman–Crippen MR) is 68.2 cm³/mol. The third kappa shape index (κ3) is 3.89. The number of rotatable bonds is 6. The average molecular weight is 260 g/mol. The zero-order chi connectivity index (χ0) is 12.9. The second kappa shape index (κ2) is 6.26. The molecule has 1 amide bonds. The number of hydrogen-bond acceptors (Lipinski definition) is 4. The van der Waals surface area contributed by atoms with Crippen LogP contribution in [0.5, 0.6) is 0 Å². The lowest BCUT2D eigenvalue weighted by Crippen LogP contribution is -2.55. The Bertz CT molecular complexity index is 290. The zero-order valence-electron chi connectivity index (χ0n) is 10.3. The third-order valence-corrected chi connectivity index (χ3v) is 3.73. The molecule has 3 N–H and O–H groups in total. The van der Waals surface area contributed by atoms with Crippen molar-refractivity contribution in [3.05, 3.63) is 0 Å². The summed E-state index contributed by atoms with van der Waals surface area (Å²) in [6.45, 7) is 2.63. The molecule has 98 valence electrons. The first-order chi connectivity index (χ1) is 7.99. The highest BCUT2D eigenvalue weighted by Gasteiger charge is 2.37. The number of carbonyl (C=O) groups is 2. The van der Waals surface area contributed by atoms with Crippen LogP contribution in [0, 0.1) is 0 Å². The molecule has 0 aromatic carbocycles. The van der Waals surface area contributed by atoms with Crippen molar-refractivity contribution in [2.75, 3.05) is 18.6 Å². The number of nitrogens with one attached hydrogen (secondary N) is 2. The molecule has 0 bridgehead atoms. The highest BCUT2D eigenvalue weighted by molar-refractivity contribution is 7.98. The largest absolute Gasteiger partial charge is 0.480 e. The Morgan fingerprint density at radius 1 is 1.59 bits per heavy atom. The van der Waals surface area contributed by atoms with Crippen LogP contribution in [-0.4, -0.2) is 47.1 Å². The van der Waals surface area contributed by atoms with Crippen LogP contribution in [0.25, 0.3) is 0 Å². The molecule has 1 rings (SSSR count). The maximum absolute atomic E-state index is 12.0. The fourth-order valence-corrected chi connectivity index (χ4v) is 2.37. The second-order valence-electron chi connectivity index (χ2n) is 4.51. The van der Waals surface area contributed by atoms with Gasteiger partial charge in [-0.25, -0.2) is 4.79 Å². The number of carbonyl (C=O) groups excluding carboxylic acids is 1. The number of carboxylic acids is 1. The van der Waals surface area contributed by atoms with Crippen LogP contribution >= 0.6 is 11.8 Å². The monoisotopic (exact) mass is 260 g/mol. The fraction of sp³-hybridized carbons (Fsp3) is 0.818. The Morgan fingerprint density at radius 2 is 2.29 bits per heavy atom. The summed E-state index contributed by atoms with van der Waals surface area (Å²) in [5.41, 5.74) is -0.604. The Morgan fingerprint density at radius 3 is 2.76 bits per heavy atom. The van der Waals surface area contributed by atoms with Gasteiger partial charge in [-0.15, -0.1) is 0 Å². The van der Waals surface area contributed by atoms with Gasteiger partial charge in [-0.1, -0.05) is 0 Å². The Kier molecular flexibility index (Phi) is 5.27. The summed E-state index contributed by atoms with van der Waals surface area (Å²) in [7, 11) is 0. The molecule has 2 unspecified atom stereocenters. The summed E-state index contributed by atoms with van der Waals surface area (Å²) in [6, 6.07) is -0.783. The van der Waals surface area contributed by atoms with Crippen molar-refractivity contribution in [1.29, 1.82) is 0 Å². The van der Waals surface area contributed by atoms with E-state index in [9.17, 15) is 9.59 Å². The van der Waals surface area contributed by atoms with E-state index in [-0.39, 0.29) is 5.91 Å². The lowest BCUT2D eigenvalue weighted by molar-refractivity contribution is -0.142. The molecular formula is C11H20N2O3S. The molecule has 1 aliphatic rings. The van der Waals surface area contributed by atoms with Gasteiger partial charge >= 0.3 is 5.97 Å². The van der Waals surface area contributed by atoms with E-state index >= 15 is 0 Å². The van der Waals surface area contributed by atoms with E-state index in [1.807, 2.05) is 13.2 Å². The van der Waals surface area contributed by atoms with Crippen molar-refractivity contribution in [3.8, 4) is 0 Å². The minimum absolute atomic E-state index is 0.205. The number of aliphatic carboxylic acids is 1. The molecule has 17 heavy (non-hydrogen) atoms. The Hall–Kier alpha value is -0.750. The quantitative estimate of drug-likeness (QED) is 0.646. The van der Waals surface area contributed by atoms with Crippen LogP contribution < -0.4 is 10.6 Å². The SMILES string of the molecule is CSCCC(NC(=O)C1(C)CCCN1)C(=O)O. The third-order valence-electron chi connectivity index (χ3n) is 3.08. The first-order valence-corrected chi connectivity index (χ1v) is 7.17. The maximum Gasteiger partial charge on any atom is 0.326 e. The molecule has 2 atom stereocenters. The highest BCUT2D eigenvalue weighted by atomic mass is 32.2. The molecule has 0 aromatic heterocycles.